The van der Waals surface area contributed by atoms with Crippen LogP contribution in [0.1, 0.15) is 27.7 Å². The Labute approximate surface area is 195 Å². The molecule has 0 aliphatic rings. The Bertz CT molecular complexity index is 1220. The molecule has 8 heteroatoms. The van der Waals surface area contributed by atoms with E-state index in [1.807, 2.05) is 50.2 Å². The van der Waals surface area contributed by atoms with E-state index in [1.54, 1.807) is 26.0 Å². The number of nitrogens with one attached hydrogen (secondary N) is 1. The van der Waals surface area contributed by atoms with Crippen LogP contribution in [0.5, 0.6) is 11.5 Å². The van der Waals surface area contributed by atoms with Crippen LogP contribution in [-0.4, -0.2) is 44.4 Å². The summed E-state index contributed by atoms with van der Waals surface area (Å²) in [6, 6.07) is 18.0. The highest BCUT2D eigenvalue weighted by Gasteiger charge is 2.23. The first-order chi connectivity index (χ1) is 15.7. The summed E-state index contributed by atoms with van der Waals surface area (Å²) in [6.07, 6.45) is -0.153. The highest BCUT2D eigenvalue weighted by atomic mass is 32.2. The minimum Gasteiger partial charge on any atom is -0.489 e. The van der Waals surface area contributed by atoms with Crippen LogP contribution in [0.3, 0.4) is 0 Å². The zero-order valence-electron chi connectivity index (χ0n) is 19.4. The number of ether oxygens (including phenoxy) is 2. The van der Waals surface area contributed by atoms with Crippen LogP contribution < -0.4 is 14.8 Å². The zero-order chi connectivity index (χ0) is 24.0. The van der Waals surface area contributed by atoms with Crippen molar-refractivity contribution < 1.29 is 22.7 Å². The number of sulfonamides is 1. The van der Waals surface area contributed by atoms with Gasteiger partial charge in [-0.05, 0) is 55.0 Å². The molecule has 1 amide bonds. The number of hydrogen-bond donors (Lipinski definition) is 1. The maximum absolute atomic E-state index is 12.9. The topological polar surface area (TPSA) is 84.9 Å². The van der Waals surface area contributed by atoms with E-state index in [-0.39, 0.29) is 23.3 Å². The van der Waals surface area contributed by atoms with Gasteiger partial charge in [0.1, 0.15) is 11.5 Å². The molecule has 0 spiro atoms. The van der Waals surface area contributed by atoms with Crippen molar-refractivity contribution in [3.8, 4) is 11.5 Å². The monoisotopic (exact) mass is 470 g/mol. The third-order valence-electron chi connectivity index (χ3n) is 5.02. The van der Waals surface area contributed by atoms with E-state index in [4.69, 9.17) is 9.47 Å². The molecular weight excluding hydrogens is 440 g/mol. The molecule has 0 heterocycles. The SMILES string of the molecule is CCN(CC)S(=O)(=O)c1ccc(OC(C)C)c(NC(=O)COc2ccc3ccccc3c2)c1. The van der Waals surface area contributed by atoms with Gasteiger partial charge in [0, 0.05) is 13.1 Å². The average Bonchev–Trinajstić information content (AvgIpc) is 2.79. The van der Waals surface area contributed by atoms with Crippen LogP contribution in [-0.2, 0) is 14.8 Å². The van der Waals surface area contributed by atoms with Gasteiger partial charge in [0.05, 0.1) is 16.7 Å². The van der Waals surface area contributed by atoms with Crippen LogP contribution in [0.25, 0.3) is 10.8 Å². The van der Waals surface area contributed by atoms with Crippen molar-refractivity contribution in [1.29, 1.82) is 0 Å². The predicted octanol–water partition coefficient (Wildman–Crippen LogP) is 4.68. The molecule has 0 unspecified atom stereocenters. The molecule has 176 valence electrons. The molecule has 0 aliphatic carbocycles. The molecule has 0 atom stereocenters. The summed E-state index contributed by atoms with van der Waals surface area (Å²) in [6.45, 7) is 7.75. The maximum atomic E-state index is 12.9. The summed E-state index contributed by atoms with van der Waals surface area (Å²) in [5, 5.41) is 4.83. The van der Waals surface area contributed by atoms with Crippen molar-refractivity contribution >= 4 is 32.4 Å². The number of carbonyl (C=O) groups excluding carboxylic acids is 1. The van der Waals surface area contributed by atoms with Crippen molar-refractivity contribution in [3.05, 3.63) is 60.7 Å². The Morgan fingerprint density at radius 3 is 2.33 bits per heavy atom. The molecule has 33 heavy (non-hydrogen) atoms. The molecule has 0 saturated heterocycles. The second kappa shape index (κ2) is 10.7. The van der Waals surface area contributed by atoms with Crippen LogP contribution in [0.15, 0.2) is 65.6 Å². The van der Waals surface area contributed by atoms with E-state index >= 15 is 0 Å². The van der Waals surface area contributed by atoms with Crippen molar-refractivity contribution in [1.82, 2.24) is 4.31 Å². The fraction of sp³-hybridized carbons (Fsp3) is 0.320. The van der Waals surface area contributed by atoms with E-state index in [0.29, 0.717) is 24.6 Å². The Kier molecular flexibility index (Phi) is 7.94. The number of nitrogens with zero attached hydrogens (tertiary/aromatic N) is 1. The van der Waals surface area contributed by atoms with Gasteiger partial charge in [-0.25, -0.2) is 8.42 Å². The first kappa shape index (κ1) is 24.5. The van der Waals surface area contributed by atoms with Gasteiger partial charge in [-0.2, -0.15) is 4.31 Å². The Balaban J connectivity index is 1.79. The van der Waals surface area contributed by atoms with E-state index < -0.39 is 15.9 Å². The van der Waals surface area contributed by atoms with Crippen LogP contribution in [0.4, 0.5) is 5.69 Å². The number of anilines is 1. The zero-order valence-corrected chi connectivity index (χ0v) is 20.2. The molecule has 0 bridgehead atoms. The Morgan fingerprint density at radius 2 is 1.67 bits per heavy atom. The van der Waals surface area contributed by atoms with Crippen molar-refractivity contribution in [3.63, 3.8) is 0 Å². The molecule has 0 aliphatic heterocycles. The summed E-state index contributed by atoms with van der Waals surface area (Å²) in [5.74, 6) is 0.539. The van der Waals surface area contributed by atoms with E-state index in [2.05, 4.69) is 5.32 Å². The molecule has 0 saturated carbocycles. The summed E-state index contributed by atoms with van der Waals surface area (Å²) in [4.78, 5) is 12.7. The second-order valence-electron chi connectivity index (χ2n) is 7.76. The van der Waals surface area contributed by atoms with E-state index in [9.17, 15) is 13.2 Å². The third kappa shape index (κ3) is 6.03. The quantitative estimate of drug-likeness (QED) is 0.465. The van der Waals surface area contributed by atoms with Gasteiger partial charge >= 0.3 is 0 Å². The standard InChI is InChI=1S/C25H30N2O5S/c1-5-27(6-2)33(29,30)22-13-14-24(32-18(3)4)23(16-22)26-25(28)17-31-21-12-11-19-9-7-8-10-20(19)15-21/h7-16,18H,5-6,17H2,1-4H3,(H,26,28). The summed E-state index contributed by atoms with van der Waals surface area (Å²) < 4.78 is 38.7. The van der Waals surface area contributed by atoms with Gasteiger partial charge in [-0.15, -0.1) is 0 Å². The molecule has 7 nitrogen and oxygen atoms in total. The first-order valence-corrected chi connectivity index (χ1v) is 12.4. The molecule has 0 fully saturated rings. The molecule has 3 aromatic rings. The lowest BCUT2D eigenvalue weighted by molar-refractivity contribution is -0.118. The fourth-order valence-electron chi connectivity index (χ4n) is 3.43. The second-order valence-corrected chi connectivity index (χ2v) is 9.70. The minimum absolute atomic E-state index is 0.0908. The van der Waals surface area contributed by atoms with Crippen molar-refractivity contribution in [2.45, 2.75) is 38.7 Å². The Hall–Kier alpha value is -3.10. The predicted molar refractivity (Wildman–Crippen MR) is 130 cm³/mol. The van der Waals surface area contributed by atoms with E-state index in [1.165, 1.54) is 16.4 Å². The normalized spacial score (nSPS) is 11.7. The highest BCUT2D eigenvalue weighted by molar-refractivity contribution is 7.89. The van der Waals surface area contributed by atoms with Gasteiger partial charge in [0.25, 0.3) is 5.91 Å². The number of fused-ring (bicyclic) bond motifs is 1. The van der Waals surface area contributed by atoms with Gasteiger partial charge in [0.2, 0.25) is 10.0 Å². The summed E-state index contributed by atoms with van der Waals surface area (Å²) in [5.41, 5.74) is 0.282. The van der Waals surface area contributed by atoms with Gasteiger partial charge in [0.15, 0.2) is 6.61 Å². The summed E-state index contributed by atoms with van der Waals surface area (Å²) in [7, 11) is -3.69. The smallest absolute Gasteiger partial charge is 0.262 e. The average molecular weight is 471 g/mol. The maximum Gasteiger partial charge on any atom is 0.262 e. The van der Waals surface area contributed by atoms with Crippen LogP contribution >= 0.6 is 0 Å². The van der Waals surface area contributed by atoms with Gasteiger partial charge in [-0.1, -0.05) is 44.2 Å². The Morgan fingerprint density at radius 1 is 0.970 bits per heavy atom. The van der Waals surface area contributed by atoms with E-state index in [0.717, 1.165) is 10.8 Å². The van der Waals surface area contributed by atoms with Crippen molar-refractivity contribution in [2.75, 3.05) is 25.0 Å². The lowest BCUT2D eigenvalue weighted by atomic mass is 10.1. The third-order valence-corrected chi connectivity index (χ3v) is 7.07. The number of rotatable bonds is 10. The van der Waals surface area contributed by atoms with Crippen molar-refractivity contribution in [2.24, 2.45) is 0 Å². The fourth-order valence-corrected chi connectivity index (χ4v) is 4.91. The largest absolute Gasteiger partial charge is 0.489 e. The summed E-state index contributed by atoms with van der Waals surface area (Å²) >= 11 is 0. The molecule has 3 rings (SSSR count). The first-order valence-electron chi connectivity index (χ1n) is 11.0. The molecule has 0 radical (unpaired) electrons. The van der Waals surface area contributed by atoms with Crippen LogP contribution in [0.2, 0.25) is 0 Å². The molecule has 1 N–H and O–H groups in total. The van der Waals surface area contributed by atoms with Gasteiger partial charge in [-0.3, -0.25) is 4.79 Å². The highest BCUT2D eigenvalue weighted by Crippen LogP contribution is 2.30. The lowest BCUT2D eigenvalue weighted by Gasteiger charge is -2.20. The number of amides is 1. The molecule has 3 aromatic carbocycles. The molecular formula is C25H30N2O5S. The van der Waals surface area contributed by atoms with Gasteiger partial charge < -0.3 is 14.8 Å². The number of carbonyl (C=O) groups is 1. The lowest BCUT2D eigenvalue weighted by Crippen LogP contribution is -2.30. The number of hydrogen-bond acceptors (Lipinski definition) is 5. The number of benzene rings is 3. The van der Waals surface area contributed by atoms with Crippen LogP contribution in [0, 0.1) is 0 Å². The minimum atomic E-state index is -3.69. The molecule has 0 aromatic heterocycles.